The van der Waals surface area contributed by atoms with E-state index in [0.717, 1.165) is 23.5 Å². The molecular formula is C19H22N6. The fourth-order valence-corrected chi connectivity index (χ4v) is 4.33. The molecule has 1 aliphatic carbocycles. The Bertz CT molecular complexity index is 900. The molecule has 2 aromatic heterocycles. The van der Waals surface area contributed by atoms with Crippen molar-refractivity contribution >= 4 is 17.0 Å². The third kappa shape index (κ3) is 2.35. The van der Waals surface area contributed by atoms with Crippen LogP contribution in [0.3, 0.4) is 0 Å². The Kier molecular flexibility index (Phi) is 3.36. The molecular weight excluding hydrogens is 312 g/mol. The van der Waals surface area contributed by atoms with Crippen molar-refractivity contribution in [3.63, 3.8) is 0 Å². The Morgan fingerprint density at radius 1 is 1.12 bits per heavy atom. The molecule has 5 rings (SSSR count). The zero-order chi connectivity index (χ0) is 16.8. The number of fused-ring (bicyclic) bond motifs is 2. The number of nitrogen functional groups attached to an aromatic ring is 1. The van der Waals surface area contributed by atoms with Gasteiger partial charge in [-0.3, -0.25) is 0 Å². The van der Waals surface area contributed by atoms with Crippen molar-refractivity contribution in [2.45, 2.75) is 50.5 Å². The van der Waals surface area contributed by atoms with Gasteiger partial charge in [0.25, 0.3) is 0 Å². The van der Waals surface area contributed by atoms with Crippen molar-refractivity contribution in [3.8, 4) is 0 Å². The number of imidazole rings is 1. The summed E-state index contributed by atoms with van der Waals surface area (Å²) in [5.41, 5.74) is 10.6. The number of hydrogen-bond acceptors (Lipinski definition) is 5. The highest BCUT2D eigenvalue weighted by Crippen LogP contribution is 2.39. The third-order valence-electron chi connectivity index (χ3n) is 5.58. The third-order valence-corrected chi connectivity index (χ3v) is 5.58. The highest BCUT2D eigenvalue weighted by Gasteiger charge is 2.30. The number of para-hydroxylation sites is 1. The maximum Gasteiger partial charge on any atom is 0.153 e. The van der Waals surface area contributed by atoms with Crippen LogP contribution in [0, 0.1) is 0 Å². The molecule has 6 heteroatoms. The van der Waals surface area contributed by atoms with Crippen molar-refractivity contribution < 1.29 is 0 Å². The first kappa shape index (κ1) is 14.7. The lowest BCUT2D eigenvalue weighted by molar-refractivity contribution is 0.423. The van der Waals surface area contributed by atoms with Gasteiger partial charge in [0.05, 0.1) is 11.7 Å². The van der Waals surface area contributed by atoms with Gasteiger partial charge in [-0.15, -0.1) is 0 Å². The molecule has 3 heterocycles. The van der Waals surface area contributed by atoms with Crippen LogP contribution in [0.25, 0.3) is 5.52 Å². The quantitative estimate of drug-likeness (QED) is 0.750. The summed E-state index contributed by atoms with van der Waals surface area (Å²) in [6.45, 7) is 0. The van der Waals surface area contributed by atoms with Gasteiger partial charge in [0.15, 0.2) is 5.82 Å². The van der Waals surface area contributed by atoms with E-state index in [-0.39, 0.29) is 6.04 Å². The van der Waals surface area contributed by atoms with Crippen LogP contribution in [0.4, 0.5) is 11.5 Å². The Balaban J connectivity index is 1.61. The minimum absolute atomic E-state index is 0.123. The van der Waals surface area contributed by atoms with Gasteiger partial charge in [0.2, 0.25) is 0 Å². The number of anilines is 2. The lowest BCUT2D eigenvalue weighted by Crippen LogP contribution is -2.10. The van der Waals surface area contributed by atoms with Gasteiger partial charge in [-0.05, 0) is 24.5 Å². The number of rotatable bonds is 2. The summed E-state index contributed by atoms with van der Waals surface area (Å²) in [7, 11) is 0. The molecule has 1 saturated carbocycles. The van der Waals surface area contributed by atoms with E-state index in [9.17, 15) is 0 Å². The molecule has 0 radical (unpaired) electrons. The van der Waals surface area contributed by atoms with Crippen LogP contribution >= 0.6 is 0 Å². The van der Waals surface area contributed by atoms with Gasteiger partial charge in [-0.1, -0.05) is 37.5 Å². The first-order valence-corrected chi connectivity index (χ1v) is 9.14. The second kappa shape index (κ2) is 5.72. The number of hydrogen-bond donors (Lipinski definition) is 2. The molecule has 1 aromatic carbocycles. The number of nitrogens with one attached hydrogen (secondary N) is 1. The molecule has 128 valence electrons. The zero-order valence-corrected chi connectivity index (χ0v) is 14.2. The SMILES string of the molecule is Nc1ncnn2c(C3CCCCC3)nc(C3Cc4ccccc4N3)c12. The maximum absolute atomic E-state index is 6.23. The van der Waals surface area contributed by atoms with Gasteiger partial charge in [0, 0.05) is 18.0 Å². The molecule has 2 aliphatic rings. The highest BCUT2D eigenvalue weighted by molar-refractivity contribution is 5.71. The van der Waals surface area contributed by atoms with E-state index in [1.165, 1.54) is 49.7 Å². The summed E-state index contributed by atoms with van der Waals surface area (Å²) in [5.74, 6) is 2.03. The van der Waals surface area contributed by atoms with E-state index >= 15 is 0 Å². The molecule has 1 atom stereocenters. The molecule has 1 unspecified atom stereocenters. The molecule has 3 N–H and O–H groups in total. The van der Waals surface area contributed by atoms with E-state index in [0.29, 0.717) is 11.7 Å². The first-order chi connectivity index (χ1) is 12.3. The normalized spacial score (nSPS) is 20.6. The summed E-state index contributed by atoms with van der Waals surface area (Å²) < 4.78 is 1.94. The van der Waals surface area contributed by atoms with E-state index in [2.05, 4.69) is 39.7 Å². The van der Waals surface area contributed by atoms with E-state index in [1.807, 2.05) is 4.52 Å². The van der Waals surface area contributed by atoms with Crippen molar-refractivity contribution in [1.82, 2.24) is 19.6 Å². The number of aromatic nitrogens is 4. The summed E-state index contributed by atoms with van der Waals surface area (Å²) in [4.78, 5) is 9.28. The smallest absolute Gasteiger partial charge is 0.153 e. The maximum atomic E-state index is 6.23. The molecule has 3 aromatic rings. The average molecular weight is 334 g/mol. The standard InChI is InChI=1S/C19H22N6/c20-18-17-16(15-10-13-8-4-5-9-14(13)23-15)24-19(25(17)22-11-21-18)12-6-2-1-3-7-12/h4-5,8-9,11-12,15,23H,1-3,6-7,10H2,(H2,20,21,22). The highest BCUT2D eigenvalue weighted by atomic mass is 15.3. The molecule has 0 saturated heterocycles. The van der Waals surface area contributed by atoms with Crippen LogP contribution in [0.2, 0.25) is 0 Å². The summed E-state index contributed by atoms with van der Waals surface area (Å²) >= 11 is 0. The van der Waals surface area contributed by atoms with Gasteiger partial charge < -0.3 is 11.1 Å². The van der Waals surface area contributed by atoms with Crippen molar-refractivity contribution in [3.05, 3.63) is 47.7 Å². The van der Waals surface area contributed by atoms with Crippen molar-refractivity contribution in [1.29, 1.82) is 0 Å². The topological polar surface area (TPSA) is 81.1 Å². The van der Waals surface area contributed by atoms with Crippen LogP contribution < -0.4 is 11.1 Å². The molecule has 25 heavy (non-hydrogen) atoms. The summed E-state index contributed by atoms with van der Waals surface area (Å²) in [6, 6.07) is 8.56. The van der Waals surface area contributed by atoms with E-state index in [1.54, 1.807) is 0 Å². The van der Waals surface area contributed by atoms with E-state index < -0.39 is 0 Å². The number of benzene rings is 1. The second-order valence-electron chi connectivity index (χ2n) is 7.15. The minimum Gasteiger partial charge on any atom is -0.382 e. The molecule has 0 amide bonds. The van der Waals surface area contributed by atoms with Crippen LogP contribution in [0.5, 0.6) is 0 Å². The Hall–Kier alpha value is -2.63. The Morgan fingerprint density at radius 2 is 1.96 bits per heavy atom. The van der Waals surface area contributed by atoms with Gasteiger partial charge in [-0.2, -0.15) is 5.10 Å². The molecule has 1 fully saturated rings. The number of nitrogens with two attached hydrogens (primary N) is 1. The van der Waals surface area contributed by atoms with Gasteiger partial charge >= 0.3 is 0 Å². The first-order valence-electron chi connectivity index (χ1n) is 9.14. The second-order valence-corrected chi connectivity index (χ2v) is 7.15. The predicted molar refractivity (Wildman–Crippen MR) is 97.5 cm³/mol. The van der Waals surface area contributed by atoms with Gasteiger partial charge in [-0.25, -0.2) is 14.5 Å². The lowest BCUT2D eigenvalue weighted by Gasteiger charge is -2.19. The summed E-state index contributed by atoms with van der Waals surface area (Å²) in [5, 5.41) is 8.09. The van der Waals surface area contributed by atoms with Gasteiger partial charge in [0.1, 0.15) is 17.7 Å². The van der Waals surface area contributed by atoms with Crippen molar-refractivity contribution in [2.24, 2.45) is 0 Å². The molecule has 6 nitrogen and oxygen atoms in total. The predicted octanol–water partition coefficient (Wildman–Crippen LogP) is 3.46. The fourth-order valence-electron chi connectivity index (χ4n) is 4.33. The fraction of sp³-hybridized carbons (Fsp3) is 0.421. The lowest BCUT2D eigenvalue weighted by atomic mass is 9.89. The van der Waals surface area contributed by atoms with E-state index in [4.69, 9.17) is 10.7 Å². The largest absolute Gasteiger partial charge is 0.382 e. The van der Waals surface area contributed by atoms with Crippen LogP contribution in [-0.2, 0) is 6.42 Å². The van der Waals surface area contributed by atoms with Crippen LogP contribution in [-0.4, -0.2) is 19.6 Å². The summed E-state index contributed by atoms with van der Waals surface area (Å²) in [6.07, 6.45) is 8.67. The number of nitrogens with zero attached hydrogens (tertiary/aromatic N) is 4. The van der Waals surface area contributed by atoms with Crippen LogP contribution in [0.1, 0.15) is 61.1 Å². The molecule has 0 spiro atoms. The zero-order valence-electron chi connectivity index (χ0n) is 14.2. The minimum atomic E-state index is 0.123. The Labute approximate surface area is 146 Å². The average Bonchev–Trinajstić information content (AvgIpc) is 3.24. The van der Waals surface area contributed by atoms with Crippen molar-refractivity contribution in [2.75, 3.05) is 11.1 Å². The van der Waals surface area contributed by atoms with Crippen LogP contribution in [0.15, 0.2) is 30.6 Å². The molecule has 0 bridgehead atoms. The Morgan fingerprint density at radius 3 is 2.80 bits per heavy atom. The molecule has 1 aliphatic heterocycles. The monoisotopic (exact) mass is 334 g/mol.